The number of alkyl halides is 3. The van der Waals surface area contributed by atoms with Crippen molar-refractivity contribution in [1.29, 1.82) is 5.41 Å². The first kappa shape index (κ1) is 13.3. The van der Waals surface area contributed by atoms with E-state index in [1.165, 1.54) is 12.1 Å². The number of benzene rings is 1. The zero-order chi connectivity index (χ0) is 13.1. The van der Waals surface area contributed by atoms with E-state index in [0.29, 0.717) is 6.42 Å². The number of ether oxygens (including phenoxy) is 1. The number of halogens is 3. The van der Waals surface area contributed by atoms with E-state index in [0.717, 1.165) is 12.1 Å². The van der Waals surface area contributed by atoms with Gasteiger partial charge in [-0.05, 0) is 30.7 Å². The molecule has 1 aromatic rings. The predicted octanol–water partition coefficient (Wildman–Crippen LogP) is 2.80. The average molecular weight is 246 g/mol. The number of nitrogens with one attached hydrogen (secondary N) is 1. The molecule has 0 aliphatic rings. The van der Waals surface area contributed by atoms with E-state index in [1.807, 2.05) is 0 Å². The maximum atomic E-state index is 12.3. The third-order valence-corrected chi connectivity index (χ3v) is 2.18. The lowest BCUT2D eigenvalue weighted by atomic mass is 10.2. The third-order valence-electron chi connectivity index (χ3n) is 2.18. The molecule has 0 amide bonds. The third kappa shape index (κ3) is 3.65. The molecule has 6 heteroatoms. The van der Waals surface area contributed by atoms with Gasteiger partial charge in [0.2, 0.25) is 0 Å². The van der Waals surface area contributed by atoms with Gasteiger partial charge in [-0.15, -0.1) is 0 Å². The highest BCUT2D eigenvalue weighted by atomic mass is 19.4. The van der Waals surface area contributed by atoms with Gasteiger partial charge in [-0.1, -0.05) is 6.92 Å². The molecule has 17 heavy (non-hydrogen) atoms. The summed E-state index contributed by atoms with van der Waals surface area (Å²) < 4.78 is 42.1. The summed E-state index contributed by atoms with van der Waals surface area (Å²) >= 11 is 0. The van der Waals surface area contributed by atoms with Crippen molar-refractivity contribution in [3.8, 4) is 5.75 Å². The van der Waals surface area contributed by atoms with Gasteiger partial charge in [0.15, 0.2) is 6.10 Å². The van der Waals surface area contributed by atoms with Crippen molar-refractivity contribution in [1.82, 2.24) is 0 Å². The zero-order valence-electron chi connectivity index (χ0n) is 9.21. The van der Waals surface area contributed by atoms with Crippen LogP contribution in [0.15, 0.2) is 24.3 Å². The molecule has 94 valence electrons. The zero-order valence-corrected chi connectivity index (χ0v) is 9.21. The summed E-state index contributed by atoms with van der Waals surface area (Å²) in [6, 6.07) is 4.30. The lowest BCUT2D eigenvalue weighted by Crippen LogP contribution is -2.32. The van der Waals surface area contributed by atoms with Gasteiger partial charge in [-0.2, -0.15) is 13.2 Å². The molecule has 0 bridgehead atoms. The van der Waals surface area contributed by atoms with Crippen LogP contribution in [0.3, 0.4) is 0 Å². The van der Waals surface area contributed by atoms with E-state index in [-0.39, 0.29) is 11.6 Å². The van der Waals surface area contributed by atoms with Crippen molar-refractivity contribution in [2.75, 3.05) is 0 Å². The molecule has 1 unspecified atom stereocenters. The SMILES string of the molecule is CCC(Oc1ccc(C(F)(F)F)cc1)C(=N)N. The van der Waals surface area contributed by atoms with Gasteiger partial charge in [-0.3, -0.25) is 5.41 Å². The first-order chi connectivity index (χ1) is 7.84. The van der Waals surface area contributed by atoms with Crippen LogP contribution in [0.4, 0.5) is 13.2 Å². The molecule has 1 atom stereocenters. The van der Waals surface area contributed by atoms with Crippen LogP contribution in [-0.4, -0.2) is 11.9 Å². The highest BCUT2D eigenvalue weighted by Crippen LogP contribution is 2.30. The lowest BCUT2D eigenvalue weighted by Gasteiger charge is -2.16. The standard InChI is InChI=1S/C11H13F3N2O/c1-2-9(10(15)16)17-8-5-3-7(4-6-8)11(12,13)14/h3-6,9H,2H2,1H3,(H3,15,16). The summed E-state index contributed by atoms with van der Waals surface area (Å²) in [6.45, 7) is 1.77. The van der Waals surface area contributed by atoms with Gasteiger partial charge in [0.1, 0.15) is 11.6 Å². The molecule has 0 saturated carbocycles. The highest BCUT2D eigenvalue weighted by Gasteiger charge is 2.30. The Morgan fingerprint density at radius 2 is 1.88 bits per heavy atom. The second-order valence-electron chi connectivity index (χ2n) is 3.49. The summed E-state index contributed by atoms with van der Waals surface area (Å²) in [4.78, 5) is 0. The van der Waals surface area contributed by atoms with Crippen molar-refractivity contribution < 1.29 is 17.9 Å². The van der Waals surface area contributed by atoms with Crippen LogP contribution in [0, 0.1) is 5.41 Å². The Balaban J connectivity index is 2.78. The van der Waals surface area contributed by atoms with Crippen molar-refractivity contribution in [3.05, 3.63) is 29.8 Å². The fourth-order valence-electron chi connectivity index (χ4n) is 1.25. The summed E-state index contributed by atoms with van der Waals surface area (Å²) in [6.07, 6.45) is -4.48. The maximum Gasteiger partial charge on any atom is 0.416 e. The molecule has 1 aromatic carbocycles. The van der Waals surface area contributed by atoms with Crippen LogP contribution in [-0.2, 0) is 6.18 Å². The minimum absolute atomic E-state index is 0.146. The molecular weight excluding hydrogens is 233 g/mol. The Morgan fingerprint density at radius 3 is 2.24 bits per heavy atom. The van der Waals surface area contributed by atoms with E-state index in [4.69, 9.17) is 15.9 Å². The highest BCUT2D eigenvalue weighted by molar-refractivity contribution is 5.81. The molecule has 0 aromatic heterocycles. The minimum atomic E-state index is -4.36. The van der Waals surface area contributed by atoms with Crippen molar-refractivity contribution in [2.45, 2.75) is 25.6 Å². The summed E-state index contributed by atoms with van der Waals surface area (Å²) in [5.41, 5.74) is 4.54. The van der Waals surface area contributed by atoms with Gasteiger partial charge < -0.3 is 10.5 Å². The van der Waals surface area contributed by atoms with Crippen LogP contribution < -0.4 is 10.5 Å². The second-order valence-corrected chi connectivity index (χ2v) is 3.49. The molecule has 3 N–H and O–H groups in total. The molecule has 3 nitrogen and oxygen atoms in total. The topological polar surface area (TPSA) is 59.1 Å². The first-order valence-corrected chi connectivity index (χ1v) is 5.02. The minimum Gasteiger partial charge on any atom is -0.483 e. The second kappa shape index (κ2) is 5.07. The van der Waals surface area contributed by atoms with Gasteiger partial charge >= 0.3 is 6.18 Å². The summed E-state index contributed by atoms with van der Waals surface area (Å²) in [7, 11) is 0. The molecule has 0 aliphatic heterocycles. The predicted molar refractivity (Wildman–Crippen MR) is 58.1 cm³/mol. The van der Waals surface area contributed by atoms with Crippen LogP contribution in [0.5, 0.6) is 5.75 Å². The van der Waals surface area contributed by atoms with Crippen LogP contribution in [0.2, 0.25) is 0 Å². The molecule has 0 fully saturated rings. The fourth-order valence-corrected chi connectivity index (χ4v) is 1.25. The van der Waals surface area contributed by atoms with Crippen molar-refractivity contribution >= 4 is 5.84 Å². The fraction of sp³-hybridized carbons (Fsp3) is 0.364. The van der Waals surface area contributed by atoms with Crippen LogP contribution in [0.1, 0.15) is 18.9 Å². The Labute approximate surface area is 96.9 Å². The molecule has 1 rings (SSSR count). The Hall–Kier alpha value is -1.72. The molecule has 0 heterocycles. The largest absolute Gasteiger partial charge is 0.483 e. The number of nitrogens with two attached hydrogens (primary N) is 1. The van der Waals surface area contributed by atoms with Gasteiger partial charge in [0.25, 0.3) is 0 Å². The molecule has 0 spiro atoms. The van der Waals surface area contributed by atoms with Crippen molar-refractivity contribution in [3.63, 3.8) is 0 Å². The van der Waals surface area contributed by atoms with Crippen molar-refractivity contribution in [2.24, 2.45) is 5.73 Å². The molecule has 0 aliphatic carbocycles. The summed E-state index contributed by atoms with van der Waals surface area (Å²) in [5, 5.41) is 7.22. The Bertz CT molecular complexity index is 387. The summed E-state index contributed by atoms with van der Waals surface area (Å²) in [5.74, 6) is 0.118. The van der Waals surface area contributed by atoms with Crippen LogP contribution in [0.25, 0.3) is 0 Å². The van der Waals surface area contributed by atoms with E-state index in [2.05, 4.69) is 0 Å². The van der Waals surface area contributed by atoms with E-state index >= 15 is 0 Å². The first-order valence-electron chi connectivity index (χ1n) is 5.02. The number of amidine groups is 1. The lowest BCUT2D eigenvalue weighted by molar-refractivity contribution is -0.137. The molecular formula is C11H13F3N2O. The molecule has 0 saturated heterocycles. The van der Waals surface area contributed by atoms with E-state index < -0.39 is 17.8 Å². The number of rotatable bonds is 4. The quantitative estimate of drug-likeness (QED) is 0.634. The average Bonchev–Trinajstić information content (AvgIpc) is 2.25. The molecule has 0 radical (unpaired) electrons. The number of hydrogen-bond donors (Lipinski definition) is 2. The maximum absolute atomic E-state index is 12.3. The van der Waals surface area contributed by atoms with Gasteiger partial charge in [-0.25, -0.2) is 0 Å². The smallest absolute Gasteiger partial charge is 0.416 e. The number of hydrogen-bond acceptors (Lipinski definition) is 2. The van der Waals surface area contributed by atoms with Gasteiger partial charge in [0.05, 0.1) is 5.56 Å². The Morgan fingerprint density at radius 1 is 1.35 bits per heavy atom. The van der Waals surface area contributed by atoms with E-state index in [9.17, 15) is 13.2 Å². The Kier molecular flexibility index (Phi) is 3.98. The normalized spacial score (nSPS) is 13.2. The monoisotopic (exact) mass is 246 g/mol. The van der Waals surface area contributed by atoms with Crippen LogP contribution >= 0.6 is 0 Å². The van der Waals surface area contributed by atoms with Gasteiger partial charge in [0, 0.05) is 0 Å². The van der Waals surface area contributed by atoms with E-state index in [1.54, 1.807) is 6.92 Å².